The number of carbonyl (C=O) groups excluding carboxylic acids is 2. The van der Waals surface area contributed by atoms with E-state index in [9.17, 15) is 14.7 Å². The molecule has 1 fully saturated rings. The summed E-state index contributed by atoms with van der Waals surface area (Å²) in [4.78, 5) is 31.4. The molecule has 32 heavy (non-hydrogen) atoms. The number of hydrogen-bond acceptors (Lipinski definition) is 5. The number of nitrogens with one attached hydrogen (secondary N) is 1. The van der Waals surface area contributed by atoms with Crippen molar-refractivity contribution in [3.8, 4) is 11.1 Å². The second-order valence-electron chi connectivity index (χ2n) is 8.36. The van der Waals surface area contributed by atoms with Crippen molar-refractivity contribution in [1.82, 2.24) is 10.2 Å². The maximum atomic E-state index is 12.6. The number of likely N-dealkylation sites (tertiary alicyclic amines) is 1. The van der Waals surface area contributed by atoms with Crippen LogP contribution in [-0.4, -0.2) is 53.4 Å². The molecule has 7 heteroatoms. The SMILES string of the molecule is C[C@H](O)CNC(=O)C1=Cc2ccc(-c3ccc(C(=O)N4CCCC4)cc3)cc2N=C(N)C1. The van der Waals surface area contributed by atoms with Crippen LogP contribution in [0.3, 0.4) is 0 Å². The zero-order chi connectivity index (χ0) is 22.7. The minimum atomic E-state index is -0.622. The summed E-state index contributed by atoms with van der Waals surface area (Å²) in [6.07, 6.45) is 3.55. The van der Waals surface area contributed by atoms with E-state index in [4.69, 9.17) is 5.73 Å². The van der Waals surface area contributed by atoms with Crippen LogP contribution in [0.5, 0.6) is 0 Å². The topological polar surface area (TPSA) is 108 Å². The number of benzene rings is 2. The van der Waals surface area contributed by atoms with Crippen molar-refractivity contribution in [3.05, 3.63) is 59.2 Å². The number of aliphatic imine (C=N–C) groups is 1. The molecule has 166 valence electrons. The first-order valence-electron chi connectivity index (χ1n) is 10.9. The fourth-order valence-electron chi connectivity index (χ4n) is 3.98. The monoisotopic (exact) mass is 432 g/mol. The molecule has 2 aliphatic heterocycles. The van der Waals surface area contributed by atoms with Gasteiger partial charge in [0.15, 0.2) is 0 Å². The molecule has 4 N–H and O–H groups in total. The fraction of sp³-hybridized carbons (Fsp3) is 0.320. The molecule has 0 unspecified atom stereocenters. The Morgan fingerprint density at radius 3 is 2.50 bits per heavy atom. The van der Waals surface area contributed by atoms with Gasteiger partial charge in [-0.05, 0) is 55.2 Å². The Morgan fingerprint density at radius 2 is 1.81 bits per heavy atom. The van der Waals surface area contributed by atoms with Gasteiger partial charge in [0.05, 0.1) is 11.8 Å². The maximum Gasteiger partial charge on any atom is 0.253 e. The number of amides is 2. The van der Waals surface area contributed by atoms with E-state index in [1.807, 2.05) is 47.4 Å². The number of aliphatic hydroxyl groups excluding tert-OH is 1. The van der Waals surface area contributed by atoms with Gasteiger partial charge in [0.2, 0.25) is 5.91 Å². The van der Waals surface area contributed by atoms with Crippen molar-refractivity contribution >= 4 is 29.4 Å². The highest BCUT2D eigenvalue weighted by Gasteiger charge is 2.20. The molecular formula is C25H28N4O3. The zero-order valence-corrected chi connectivity index (χ0v) is 18.2. The van der Waals surface area contributed by atoms with E-state index in [-0.39, 0.29) is 24.8 Å². The third kappa shape index (κ3) is 4.89. The van der Waals surface area contributed by atoms with Crippen LogP contribution in [0, 0.1) is 0 Å². The van der Waals surface area contributed by atoms with Crippen LogP contribution in [0.1, 0.15) is 42.1 Å². The van der Waals surface area contributed by atoms with Crippen LogP contribution in [0.15, 0.2) is 53.0 Å². The first-order chi connectivity index (χ1) is 15.4. The van der Waals surface area contributed by atoms with Crippen molar-refractivity contribution < 1.29 is 14.7 Å². The molecule has 0 spiro atoms. The molecule has 0 bridgehead atoms. The summed E-state index contributed by atoms with van der Waals surface area (Å²) < 4.78 is 0. The number of amidine groups is 1. The zero-order valence-electron chi connectivity index (χ0n) is 18.2. The lowest BCUT2D eigenvalue weighted by molar-refractivity contribution is -0.117. The molecule has 2 aromatic rings. The fourth-order valence-corrected chi connectivity index (χ4v) is 3.98. The molecule has 0 radical (unpaired) electrons. The third-order valence-electron chi connectivity index (χ3n) is 5.70. The van der Waals surface area contributed by atoms with Gasteiger partial charge in [0.1, 0.15) is 5.84 Å². The molecule has 4 rings (SSSR count). The Morgan fingerprint density at radius 1 is 1.12 bits per heavy atom. The van der Waals surface area contributed by atoms with Gasteiger partial charge < -0.3 is 21.1 Å². The molecule has 0 saturated carbocycles. The van der Waals surface area contributed by atoms with Crippen LogP contribution < -0.4 is 11.1 Å². The lowest BCUT2D eigenvalue weighted by Gasteiger charge is -2.15. The molecular weight excluding hydrogens is 404 g/mol. The van der Waals surface area contributed by atoms with E-state index in [2.05, 4.69) is 10.3 Å². The lowest BCUT2D eigenvalue weighted by Crippen LogP contribution is -2.32. The maximum absolute atomic E-state index is 12.6. The first kappa shape index (κ1) is 21.8. The predicted octanol–water partition coefficient (Wildman–Crippen LogP) is 2.86. The second-order valence-corrected chi connectivity index (χ2v) is 8.36. The molecule has 0 aromatic heterocycles. The smallest absolute Gasteiger partial charge is 0.253 e. The van der Waals surface area contributed by atoms with Crippen molar-refractivity contribution in [2.75, 3.05) is 19.6 Å². The van der Waals surface area contributed by atoms with E-state index in [0.717, 1.165) is 42.6 Å². The average Bonchev–Trinajstić information content (AvgIpc) is 3.26. The summed E-state index contributed by atoms with van der Waals surface area (Å²) in [6.45, 7) is 3.45. The van der Waals surface area contributed by atoms with Crippen LogP contribution in [-0.2, 0) is 4.79 Å². The number of nitrogens with zero attached hydrogens (tertiary/aromatic N) is 2. The molecule has 7 nitrogen and oxygen atoms in total. The van der Waals surface area contributed by atoms with E-state index >= 15 is 0 Å². The number of rotatable bonds is 5. The van der Waals surface area contributed by atoms with Gasteiger partial charge in [0.25, 0.3) is 5.91 Å². The number of hydrogen-bond donors (Lipinski definition) is 3. The largest absolute Gasteiger partial charge is 0.392 e. The number of aliphatic hydroxyl groups is 1. The summed E-state index contributed by atoms with van der Waals surface area (Å²) in [6, 6.07) is 13.4. The molecule has 2 heterocycles. The van der Waals surface area contributed by atoms with Gasteiger partial charge in [-0.1, -0.05) is 24.3 Å². The van der Waals surface area contributed by atoms with E-state index in [1.54, 1.807) is 13.0 Å². The summed E-state index contributed by atoms with van der Waals surface area (Å²) in [7, 11) is 0. The van der Waals surface area contributed by atoms with Crippen LogP contribution in [0.25, 0.3) is 17.2 Å². The number of carbonyl (C=O) groups is 2. The molecule has 1 atom stereocenters. The van der Waals surface area contributed by atoms with E-state index in [0.29, 0.717) is 22.7 Å². The van der Waals surface area contributed by atoms with E-state index in [1.165, 1.54) is 0 Å². The summed E-state index contributed by atoms with van der Waals surface area (Å²) in [5.41, 5.74) is 10.7. The van der Waals surface area contributed by atoms with Crippen LogP contribution >= 0.6 is 0 Å². The quantitative estimate of drug-likeness (QED) is 0.675. The molecule has 2 amide bonds. The Balaban J connectivity index is 1.56. The summed E-state index contributed by atoms with van der Waals surface area (Å²) in [5.74, 6) is 0.171. The Labute approximate surface area is 187 Å². The normalized spacial score (nSPS) is 16.5. The van der Waals surface area contributed by atoms with Gasteiger partial charge in [-0.25, -0.2) is 4.99 Å². The minimum absolute atomic E-state index is 0.0832. The van der Waals surface area contributed by atoms with Gasteiger partial charge >= 0.3 is 0 Å². The Bertz CT molecular complexity index is 1080. The average molecular weight is 433 g/mol. The van der Waals surface area contributed by atoms with Gasteiger partial charge in [0, 0.05) is 42.8 Å². The summed E-state index contributed by atoms with van der Waals surface area (Å²) in [5, 5.41) is 12.1. The first-order valence-corrected chi connectivity index (χ1v) is 10.9. The molecule has 0 aliphatic carbocycles. The summed E-state index contributed by atoms with van der Waals surface area (Å²) >= 11 is 0. The number of fused-ring (bicyclic) bond motifs is 1. The second kappa shape index (κ2) is 9.36. The Hall–Kier alpha value is -3.45. The standard InChI is InChI=1S/C25H28N4O3/c1-16(30)15-27-24(31)21-12-20-9-8-19(13-22(20)28-23(26)14-21)17-4-6-18(7-5-17)25(32)29-10-2-3-11-29/h4-9,12-13,16,30H,2-3,10-11,14-15H2,1H3,(H2,26,28)(H,27,31)/t16-/m0/s1. The minimum Gasteiger partial charge on any atom is -0.392 e. The molecule has 2 aromatic carbocycles. The van der Waals surface area contributed by atoms with E-state index < -0.39 is 6.10 Å². The highest BCUT2D eigenvalue weighted by atomic mass is 16.3. The van der Waals surface area contributed by atoms with Crippen molar-refractivity contribution in [1.29, 1.82) is 0 Å². The van der Waals surface area contributed by atoms with Crippen molar-refractivity contribution in [2.24, 2.45) is 10.7 Å². The third-order valence-corrected chi connectivity index (χ3v) is 5.70. The van der Waals surface area contributed by atoms with Crippen LogP contribution in [0.4, 0.5) is 5.69 Å². The lowest BCUT2D eigenvalue weighted by atomic mass is 10.00. The predicted molar refractivity (Wildman–Crippen MR) is 126 cm³/mol. The van der Waals surface area contributed by atoms with Crippen LogP contribution in [0.2, 0.25) is 0 Å². The number of nitrogens with two attached hydrogens (primary N) is 1. The van der Waals surface area contributed by atoms with Gasteiger partial charge in [-0.3, -0.25) is 9.59 Å². The van der Waals surface area contributed by atoms with Gasteiger partial charge in [-0.2, -0.15) is 0 Å². The van der Waals surface area contributed by atoms with Crippen molar-refractivity contribution in [3.63, 3.8) is 0 Å². The highest BCUT2D eigenvalue weighted by molar-refractivity contribution is 6.05. The molecule has 1 saturated heterocycles. The molecule has 2 aliphatic rings. The van der Waals surface area contributed by atoms with Gasteiger partial charge in [-0.15, -0.1) is 0 Å². The van der Waals surface area contributed by atoms with Crippen molar-refractivity contribution in [2.45, 2.75) is 32.3 Å². The Kier molecular flexibility index (Phi) is 6.37. The highest BCUT2D eigenvalue weighted by Crippen LogP contribution is 2.32.